The molecule has 2 rings (SSSR count). The molecule has 1 aromatic heterocycles. The van der Waals surface area contributed by atoms with Gasteiger partial charge >= 0.3 is 5.97 Å². The van der Waals surface area contributed by atoms with Crippen molar-refractivity contribution in [3.05, 3.63) is 53.9 Å². The maximum atomic E-state index is 11.8. The first-order valence-corrected chi connectivity index (χ1v) is 5.36. The summed E-state index contributed by atoms with van der Waals surface area (Å²) in [5, 5.41) is 20.8. The number of carboxylic acids is 1. The van der Waals surface area contributed by atoms with Gasteiger partial charge in [-0.15, -0.1) is 0 Å². The molecule has 6 heteroatoms. The van der Waals surface area contributed by atoms with Crippen LogP contribution in [-0.4, -0.2) is 27.1 Å². The molecule has 0 radical (unpaired) electrons. The lowest BCUT2D eigenvalue weighted by Crippen LogP contribution is -2.13. The molecule has 0 atom stereocenters. The molecule has 0 saturated heterocycles. The fourth-order valence-corrected chi connectivity index (χ4v) is 1.48. The Kier molecular flexibility index (Phi) is 3.42. The van der Waals surface area contributed by atoms with Crippen molar-refractivity contribution >= 4 is 17.6 Å². The number of pyridine rings is 1. The summed E-state index contributed by atoms with van der Waals surface area (Å²) in [4.78, 5) is 26.4. The number of rotatable bonds is 3. The number of hydrogen-bond donors (Lipinski definition) is 3. The highest BCUT2D eigenvalue weighted by Gasteiger charge is 2.12. The van der Waals surface area contributed by atoms with Gasteiger partial charge in [-0.2, -0.15) is 0 Å². The number of carboxylic acid groups (broad SMARTS) is 1. The summed E-state index contributed by atoms with van der Waals surface area (Å²) in [5.41, 5.74) is 0.290. The zero-order chi connectivity index (χ0) is 13.8. The third-order valence-corrected chi connectivity index (χ3v) is 2.38. The Bertz CT molecular complexity index is 626. The summed E-state index contributed by atoms with van der Waals surface area (Å²) >= 11 is 0. The van der Waals surface area contributed by atoms with Crippen LogP contribution in [0.25, 0.3) is 0 Å². The van der Waals surface area contributed by atoms with Crippen LogP contribution in [0.3, 0.4) is 0 Å². The minimum absolute atomic E-state index is 0.226. The standard InChI is InChI=1S/C13H10N2O4/c16-11-7-8(4-5-9(11)13(18)19)15-12(17)10-3-1-2-6-14-10/h1-7,16H,(H,15,17)(H,18,19). The SMILES string of the molecule is O=C(Nc1ccc(C(=O)O)c(O)c1)c1ccccn1. The van der Waals surface area contributed by atoms with Crippen molar-refractivity contribution in [2.24, 2.45) is 0 Å². The number of aromatic nitrogens is 1. The van der Waals surface area contributed by atoms with E-state index in [1.54, 1.807) is 18.2 Å². The Morgan fingerprint density at radius 3 is 2.53 bits per heavy atom. The quantitative estimate of drug-likeness (QED) is 0.778. The third-order valence-electron chi connectivity index (χ3n) is 2.38. The molecular formula is C13H10N2O4. The Labute approximate surface area is 108 Å². The fourth-order valence-electron chi connectivity index (χ4n) is 1.48. The number of aromatic hydroxyl groups is 1. The van der Waals surface area contributed by atoms with Gasteiger partial charge in [-0.1, -0.05) is 6.07 Å². The summed E-state index contributed by atoms with van der Waals surface area (Å²) in [6.45, 7) is 0. The van der Waals surface area contributed by atoms with Gasteiger partial charge in [0.25, 0.3) is 5.91 Å². The van der Waals surface area contributed by atoms with E-state index in [1.807, 2.05) is 0 Å². The maximum Gasteiger partial charge on any atom is 0.339 e. The number of carbonyl (C=O) groups is 2. The van der Waals surface area contributed by atoms with Crippen LogP contribution in [0.4, 0.5) is 5.69 Å². The Morgan fingerprint density at radius 1 is 1.16 bits per heavy atom. The second-order valence-corrected chi connectivity index (χ2v) is 3.71. The number of benzene rings is 1. The number of anilines is 1. The highest BCUT2D eigenvalue weighted by atomic mass is 16.4. The van der Waals surface area contributed by atoms with Gasteiger partial charge in [0.1, 0.15) is 17.0 Å². The summed E-state index contributed by atoms with van der Waals surface area (Å²) in [6.07, 6.45) is 1.49. The molecule has 3 N–H and O–H groups in total. The molecule has 0 unspecified atom stereocenters. The second-order valence-electron chi connectivity index (χ2n) is 3.71. The number of carbonyl (C=O) groups excluding carboxylic acids is 1. The first kappa shape index (κ1) is 12.6. The molecule has 0 fully saturated rings. The van der Waals surface area contributed by atoms with Crippen LogP contribution in [0.5, 0.6) is 5.75 Å². The van der Waals surface area contributed by atoms with E-state index in [1.165, 1.54) is 24.4 Å². The van der Waals surface area contributed by atoms with E-state index in [0.717, 1.165) is 0 Å². The molecule has 1 amide bonds. The van der Waals surface area contributed by atoms with Crippen LogP contribution in [0.1, 0.15) is 20.8 Å². The summed E-state index contributed by atoms with van der Waals surface area (Å²) in [5.74, 6) is -2.09. The van der Waals surface area contributed by atoms with Gasteiger partial charge in [0.05, 0.1) is 0 Å². The monoisotopic (exact) mass is 258 g/mol. The van der Waals surface area contributed by atoms with Gasteiger partial charge in [0, 0.05) is 18.0 Å². The number of nitrogens with zero attached hydrogens (tertiary/aromatic N) is 1. The molecule has 96 valence electrons. The lowest BCUT2D eigenvalue weighted by atomic mass is 10.2. The molecule has 19 heavy (non-hydrogen) atoms. The predicted octanol–water partition coefficient (Wildman–Crippen LogP) is 1.74. The van der Waals surface area contributed by atoms with Crippen LogP contribution < -0.4 is 5.32 Å². The summed E-state index contributed by atoms with van der Waals surface area (Å²) < 4.78 is 0. The molecule has 6 nitrogen and oxygen atoms in total. The molecule has 0 bridgehead atoms. The normalized spacial score (nSPS) is 9.89. The van der Waals surface area contributed by atoms with E-state index < -0.39 is 17.6 Å². The summed E-state index contributed by atoms with van der Waals surface area (Å²) in [6, 6.07) is 8.68. The van der Waals surface area contributed by atoms with Crippen molar-refractivity contribution in [3.63, 3.8) is 0 Å². The van der Waals surface area contributed by atoms with Crippen LogP contribution in [0, 0.1) is 0 Å². The van der Waals surface area contributed by atoms with E-state index in [0.29, 0.717) is 0 Å². The van der Waals surface area contributed by atoms with Crippen LogP contribution in [-0.2, 0) is 0 Å². The smallest absolute Gasteiger partial charge is 0.339 e. The third kappa shape index (κ3) is 2.86. The Balaban J connectivity index is 2.19. The number of nitrogens with one attached hydrogen (secondary N) is 1. The molecule has 0 saturated carbocycles. The van der Waals surface area contributed by atoms with Crippen molar-refractivity contribution < 1.29 is 19.8 Å². The maximum absolute atomic E-state index is 11.8. The number of amides is 1. The van der Waals surface area contributed by atoms with Gasteiger partial charge in [-0.3, -0.25) is 9.78 Å². The zero-order valence-corrected chi connectivity index (χ0v) is 9.70. The van der Waals surface area contributed by atoms with Gasteiger partial charge in [-0.05, 0) is 24.3 Å². The van der Waals surface area contributed by atoms with Crippen LogP contribution >= 0.6 is 0 Å². The highest BCUT2D eigenvalue weighted by molar-refractivity contribution is 6.03. The van der Waals surface area contributed by atoms with Crippen molar-refractivity contribution in [2.75, 3.05) is 5.32 Å². The molecule has 1 heterocycles. The summed E-state index contributed by atoms with van der Waals surface area (Å²) in [7, 11) is 0. The molecule has 2 aromatic rings. The minimum atomic E-state index is -1.24. The van der Waals surface area contributed by atoms with Crippen LogP contribution in [0.15, 0.2) is 42.6 Å². The molecule has 0 aliphatic carbocycles. The molecule has 0 aliphatic heterocycles. The molecule has 1 aromatic carbocycles. The van der Waals surface area contributed by atoms with Gasteiger partial charge in [0.2, 0.25) is 0 Å². The van der Waals surface area contributed by atoms with Gasteiger partial charge < -0.3 is 15.5 Å². The van der Waals surface area contributed by atoms with Crippen molar-refractivity contribution in [2.45, 2.75) is 0 Å². The van der Waals surface area contributed by atoms with E-state index in [-0.39, 0.29) is 16.9 Å². The molecular weight excluding hydrogens is 248 g/mol. The van der Waals surface area contributed by atoms with Crippen LogP contribution in [0.2, 0.25) is 0 Å². The first-order valence-electron chi connectivity index (χ1n) is 5.36. The fraction of sp³-hybridized carbons (Fsp3) is 0. The number of hydrogen-bond acceptors (Lipinski definition) is 4. The number of phenols is 1. The Hall–Kier alpha value is -2.89. The number of aromatic carboxylic acids is 1. The lowest BCUT2D eigenvalue weighted by Gasteiger charge is -2.06. The van der Waals surface area contributed by atoms with E-state index in [9.17, 15) is 14.7 Å². The molecule has 0 spiro atoms. The second kappa shape index (κ2) is 5.18. The lowest BCUT2D eigenvalue weighted by molar-refractivity contribution is 0.0693. The predicted molar refractivity (Wildman–Crippen MR) is 67.3 cm³/mol. The molecule has 0 aliphatic rings. The average molecular weight is 258 g/mol. The largest absolute Gasteiger partial charge is 0.507 e. The van der Waals surface area contributed by atoms with Gasteiger partial charge in [0.15, 0.2) is 0 Å². The minimum Gasteiger partial charge on any atom is -0.507 e. The van der Waals surface area contributed by atoms with Crippen molar-refractivity contribution in [3.8, 4) is 5.75 Å². The van der Waals surface area contributed by atoms with E-state index in [4.69, 9.17) is 5.11 Å². The van der Waals surface area contributed by atoms with E-state index in [2.05, 4.69) is 10.3 Å². The Morgan fingerprint density at radius 2 is 1.95 bits per heavy atom. The van der Waals surface area contributed by atoms with E-state index >= 15 is 0 Å². The zero-order valence-electron chi connectivity index (χ0n) is 9.70. The van der Waals surface area contributed by atoms with Gasteiger partial charge in [-0.25, -0.2) is 4.79 Å². The van der Waals surface area contributed by atoms with Crippen molar-refractivity contribution in [1.29, 1.82) is 0 Å². The van der Waals surface area contributed by atoms with Crippen molar-refractivity contribution in [1.82, 2.24) is 4.98 Å². The topological polar surface area (TPSA) is 99.5 Å². The first-order chi connectivity index (χ1) is 9.08. The highest BCUT2D eigenvalue weighted by Crippen LogP contribution is 2.22. The average Bonchev–Trinajstić information content (AvgIpc) is 2.39.